The maximum absolute atomic E-state index is 5.94. The number of hydrogen-bond donors (Lipinski definition) is 1. The molecule has 0 radical (unpaired) electrons. The number of nitrogens with two attached hydrogens (primary N) is 1. The molecule has 1 heterocycles. The van der Waals surface area contributed by atoms with Gasteiger partial charge in [-0.25, -0.2) is 0 Å². The number of anilines is 1. The second-order valence-corrected chi connectivity index (χ2v) is 4.96. The van der Waals surface area contributed by atoms with Crippen LogP contribution in [0.5, 0.6) is 5.75 Å². The molecular formula is C14H22N2O. The quantitative estimate of drug-likeness (QED) is 0.872. The molecule has 2 rings (SSSR count). The number of benzene rings is 1. The van der Waals surface area contributed by atoms with Crippen molar-refractivity contribution in [2.75, 3.05) is 18.0 Å². The minimum absolute atomic E-state index is 0.211. The third-order valence-electron chi connectivity index (χ3n) is 3.11. The molecule has 0 unspecified atom stereocenters. The highest BCUT2D eigenvalue weighted by molar-refractivity contribution is 5.58. The zero-order valence-corrected chi connectivity index (χ0v) is 10.7. The van der Waals surface area contributed by atoms with Gasteiger partial charge < -0.3 is 15.4 Å². The summed E-state index contributed by atoms with van der Waals surface area (Å²) in [5, 5.41) is 0. The Balaban J connectivity index is 2.14. The molecule has 0 aliphatic carbocycles. The van der Waals surface area contributed by atoms with Crippen molar-refractivity contribution in [3.8, 4) is 5.75 Å². The predicted octanol–water partition coefficient (Wildman–Crippen LogP) is 2.40. The zero-order valence-electron chi connectivity index (χ0n) is 10.7. The molecule has 17 heavy (non-hydrogen) atoms. The third-order valence-corrected chi connectivity index (χ3v) is 3.11. The summed E-state index contributed by atoms with van der Waals surface area (Å²) in [7, 11) is 0. The van der Waals surface area contributed by atoms with Gasteiger partial charge in [0, 0.05) is 19.1 Å². The van der Waals surface area contributed by atoms with Crippen LogP contribution in [0.15, 0.2) is 24.3 Å². The fourth-order valence-electron chi connectivity index (χ4n) is 2.21. The van der Waals surface area contributed by atoms with Crippen molar-refractivity contribution >= 4 is 5.69 Å². The first-order valence-electron chi connectivity index (χ1n) is 6.43. The molecule has 1 aliphatic rings. The fraction of sp³-hybridized carbons (Fsp3) is 0.571. The van der Waals surface area contributed by atoms with E-state index in [1.54, 1.807) is 0 Å². The summed E-state index contributed by atoms with van der Waals surface area (Å²) < 4.78 is 5.85. The second-order valence-electron chi connectivity index (χ2n) is 4.96. The van der Waals surface area contributed by atoms with Gasteiger partial charge in [-0.1, -0.05) is 12.1 Å². The lowest BCUT2D eigenvalue weighted by molar-refractivity contribution is 0.242. The van der Waals surface area contributed by atoms with E-state index in [1.807, 2.05) is 12.1 Å². The van der Waals surface area contributed by atoms with Gasteiger partial charge in [0.2, 0.25) is 0 Å². The van der Waals surface area contributed by atoms with E-state index >= 15 is 0 Å². The van der Waals surface area contributed by atoms with Crippen molar-refractivity contribution in [1.29, 1.82) is 0 Å². The SMILES string of the molecule is CC(C)Oc1ccccc1N1CCC(N)CC1. The summed E-state index contributed by atoms with van der Waals surface area (Å²) in [6.07, 6.45) is 2.34. The summed E-state index contributed by atoms with van der Waals surface area (Å²) in [4.78, 5) is 2.38. The second kappa shape index (κ2) is 5.41. The van der Waals surface area contributed by atoms with Gasteiger partial charge in [-0.2, -0.15) is 0 Å². The predicted molar refractivity (Wildman–Crippen MR) is 71.6 cm³/mol. The molecule has 0 aromatic heterocycles. The number of para-hydroxylation sites is 2. The van der Waals surface area contributed by atoms with Crippen LogP contribution in [-0.2, 0) is 0 Å². The smallest absolute Gasteiger partial charge is 0.142 e. The number of ether oxygens (including phenoxy) is 1. The topological polar surface area (TPSA) is 38.5 Å². The van der Waals surface area contributed by atoms with Crippen LogP contribution < -0.4 is 15.4 Å². The number of piperidine rings is 1. The molecule has 1 saturated heterocycles. The molecule has 0 spiro atoms. The Hall–Kier alpha value is -1.22. The lowest BCUT2D eigenvalue weighted by Crippen LogP contribution is -2.39. The molecule has 3 nitrogen and oxygen atoms in total. The largest absolute Gasteiger partial charge is 0.489 e. The van der Waals surface area contributed by atoms with Crippen molar-refractivity contribution in [2.24, 2.45) is 5.73 Å². The minimum Gasteiger partial charge on any atom is -0.489 e. The first-order valence-corrected chi connectivity index (χ1v) is 6.43. The van der Waals surface area contributed by atoms with Crippen LogP contribution in [0.1, 0.15) is 26.7 Å². The average molecular weight is 234 g/mol. The fourth-order valence-corrected chi connectivity index (χ4v) is 2.21. The maximum atomic E-state index is 5.94. The molecule has 1 fully saturated rings. The highest BCUT2D eigenvalue weighted by Gasteiger charge is 2.19. The Morgan fingerprint density at radius 1 is 1.24 bits per heavy atom. The molecule has 3 heteroatoms. The van der Waals surface area contributed by atoms with Crippen LogP contribution in [0.3, 0.4) is 0 Å². The van der Waals surface area contributed by atoms with E-state index in [0.29, 0.717) is 6.04 Å². The van der Waals surface area contributed by atoms with Crippen molar-refractivity contribution in [1.82, 2.24) is 0 Å². The summed E-state index contributed by atoms with van der Waals surface area (Å²) >= 11 is 0. The Morgan fingerprint density at radius 2 is 1.88 bits per heavy atom. The van der Waals surface area contributed by atoms with Gasteiger partial charge in [0.15, 0.2) is 0 Å². The normalized spacial score (nSPS) is 17.5. The number of nitrogens with zero attached hydrogens (tertiary/aromatic N) is 1. The first kappa shape index (κ1) is 12.2. The molecule has 0 bridgehead atoms. The van der Waals surface area contributed by atoms with Crippen molar-refractivity contribution in [3.63, 3.8) is 0 Å². The van der Waals surface area contributed by atoms with E-state index in [-0.39, 0.29) is 6.10 Å². The van der Waals surface area contributed by atoms with E-state index in [9.17, 15) is 0 Å². The van der Waals surface area contributed by atoms with Gasteiger partial charge in [0.05, 0.1) is 11.8 Å². The Morgan fingerprint density at radius 3 is 2.53 bits per heavy atom. The van der Waals surface area contributed by atoms with Gasteiger partial charge in [-0.05, 0) is 38.8 Å². The summed E-state index contributed by atoms with van der Waals surface area (Å²) in [5.41, 5.74) is 7.14. The molecule has 0 atom stereocenters. The first-order chi connectivity index (χ1) is 8.16. The lowest BCUT2D eigenvalue weighted by Gasteiger charge is -2.33. The molecule has 1 aliphatic heterocycles. The van der Waals surface area contributed by atoms with Crippen LogP contribution >= 0.6 is 0 Å². The number of hydrogen-bond acceptors (Lipinski definition) is 3. The van der Waals surface area contributed by atoms with Crippen molar-refractivity contribution in [2.45, 2.75) is 38.8 Å². The summed E-state index contributed by atoms with van der Waals surface area (Å²) in [5.74, 6) is 0.984. The maximum Gasteiger partial charge on any atom is 0.142 e. The van der Waals surface area contributed by atoms with Gasteiger partial charge in [-0.15, -0.1) is 0 Å². The van der Waals surface area contributed by atoms with E-state index in [2.05, 4.69) is 30.9 Å². The van der Waals surface area contributed by atoms with Crippen LogP contribution in [-0.4, -0.2) is 25.2 Å². The van der Waals surface area contributed by atoms with E-state index in [4.69, 9.17) is 10.5 Å². The average Bonchev–Trinajstić information content (AvgIpc) is 2.30. The van der Waals surface area contributed by atoms with Gasteiger partial charge in [0.25, 0.3) is 0 Å². The zero-order chi connectivity index (χ0) is 12.3. The van der Waals surface area contributed by atoms with Gasteiger partial charge in [-0.3, -0.25) is 0 Å². The van der Waals surface area contributed by atoms with Gasteiger partial charge >= 0.3 is 0 Å². The highest BCUT2D eigenvalue weighted by atomic mass is 16.5. The Bertz CT molecular complexity index is 357. The monoisotopic (exact) mass is 234 g/mol. The molecule has 0 amide bonds. The third kappa shape index (κ3) is 3.13. The van der Waals surface area contributed by atoms with Crippen LogP contribution in [0.25, 0.3) is 0 Å². The molecule has 1 aromatic rings. The molecule has 0 saturated carbocycles. The summed E-state index contributed by atoms with van der Waals surface area (Å²) in [6, 6.07) is 8.64. The van der Waals surface area contributed by atoms with Crippen LogP contribution in [0.4, 0.5) is 5.69 Å². The van der Waals surface area contributed by atoms with Crippen molar-refractivity contribution < 1.29 is 4.74 Å². The Labute approximate surface area is 104 Å². The molecule has 1 aromatic carbocycles. The van der Waals surface area contributed by atoms with Crippen LogP contribution in [0, 0.1) is 0 Å². The molecule has 2 N–H and O–H groups in total. The van der Waals surface area contributed by atoms with E-state index in [1.165, 1.54) is 5.69 Å². The van der Waals surface area contributed by atoms with Gasteiger partial charge in [0.1, 0.15) is 5.75 Å². The molecular weight excluding hydrogens is 212 g/mol. The minimum atomic E-state index is 0.211. The highest BCUT2D eigenvalue weighted by Crippen LogP contribution is 2.30. The van der Waals surface area contributed by atoms with Crippen LogP contribution in [0.2, 0.25) is 0 Å². The van der Waals surface area contributed by atoms with E-state index in [0.717, 1.165) is 31.7 Å². The molecule has 94 valence electrons. The number of rotatable bonds is 3. The van der Waals surface area contributed by atoms with Crippen molar-refractivity contribution in [3.05, 3.63) is 24.3 Å². The summed E-state index contributed by atoms with van der Waals surface area (Å²) in [6.45, 7) is 6.17. The lowest BCUT2D eigenvalue weighted by atomic mass is 10.1. The Kier molecular flexibility index (Phi) is 3.89. The van der Waals surface area contributed by atoms with E-state index < -0.39 is 0 Å². The standard InChI is InChI=1S/C14H22N2O/c1-11(2)17-14-6-4-3-5-13(14)16-9-7-12(15)8-10-16/h3-6,11-12H,7-10,15H2,1-2H3.